The molecule has 160 valence electrons. The summed E-state index contributed by atoms with van der Waals surface area (Å²) in [6.07, 6.45) is 1.51. The maximum Gasteiger partial charge on any atom is 0.271 e. The number of aryl methyl sites for hydroxylation is 1. The Morgan fingerprint density at radius 3 is 2.58 bits per heavy atom. The fourth-order valence-corrected chi connectivity index (χ4v) is 3.45. The van der Waals surface area contributed by atoms with Crippen molar-refractivity contribution in [1.82, 2.24) is 5.43 Å². The third-order valence-corrected chi connectivity index (χ3v) is 5.89. The van der Waals surface area contributed by atoms with E-state index in [0.717, 1.165) is 15.6 Å². The predicted octanol–water partition coefficient (Wildman–Crippen LogP) is 6.42. The molecule has 0 aromatic heterocycles. The molecular formula is C23H19BrCl2N2O3. The van der Waals surface area contributed by atoms with E-state index in [1.807, 2.05) is 31.2 Å². The van der Waals surface area contributed by atoms with E-state index in [2.05, 4.69) is 26.5 Å². The van der Waals surface area contributed by atoms with Crippen molar-refractivity contribution in [1.29, 1.82) is 0 Å². The highest BCUT2D eigenvalue weighted by atomic mass is 79.9. The van der Waals surface area contributed by atoms with Gasteiger partial charge < -0.3 is 9.47 Å². The molecule has 0 atom stereocenters. The quantitative estimate of drug-likeness (QED) is 0.288. The maximum atomic E-state index is 12.3. The first kappa shape index (κ1) is 23.1. The number of hydrazone groups is 1. The first-order valence-corrected chi connectivity index (χ1v) is 10.8. The van der Waals surface area contributed by atoms with Crippen molar-refractivity contribution >= 4 is 51.3 Å². The molecule has 0 heterocycles. The summed E-state index contributed by atoms with van der Waals surface area (Å²) in [5, 5.41) is 5.19. The zero-order chi connectivity index (χ0) is 22.4. The van der Waals surface area contributed by atoms with Crippen molar-refractivity contribution in [3.8, 4) is 11.5 Å². The Kier molecular flexibility index (Phi) is 7.96. The highest BCUT2D eigenvalue weighted by Crippen LogP contribution is 2.34. The van der Waals surface area contributed by atoms with Gasteiger partial charge in [0.1, 0.15) is 6.61 Å². The van der Waals surface area contributed by atoms with Crippen molar-refractivity contribution in [2.75, 3.05) is 7.11 Å². The molecule has 0 bridgehead atoms. The third kappa shape index (κ3) is 6.00. The molecule has 3 aromatic rings. The van der Waals surface area contributed by atoms with Crippen molar-refractivity contribution in [3.63, 3.8) is 0 Å². The average molecular weight is 522 g/mol. The minimum Gasteiger partial charge on any atom is -0.493 e. The van der Waals surface area contributed by atoms with E-state index < -0.39 is 0 Å². The number of nitrogens with zero attached hydrogens (tertiary/aromatic N) is 1. The lowest BCUT2D eigenvalue weighted by Gasteiger charge is -2.13. The van der Waals surface area contributed by atoms with E-state index in [9.17, 15) is 4.79 Å². The molecule has 8 heteroatoms. The third-order valence-electron chi connectivity index (χ3n) is 4.43. The van der Waals surface area contributed by atoms with E-state index in [4.69, 9.17) is 32.7 Å². The number of nitrogens with one attached hydrogen (secondary N) is 1. The van der Waals surface area contributed by atoms with Crippen molar-refractivity contribution in [3.05, 3.63) is 91.4 Å². The van der Waals surface area contributed by atoms with E-state index in [0.29, 0.717) is 39.3 Å². The number of ether oxygens (including phenoxy) is 2. The van der Waals surface area contributed by atoms with Crippen LogP contribution in [0.4, 0.5) is 0 Å². The van der Waals surface area contributed by atoms with Gasteiger partial charge in [0.15, 0.2) is 11.5 Å². The smallest absolute Gasteiger partial charge is 0.271 e. The fraction of sp³-hybridized carbons (Fsp3) is 0.130. The standard InChI is InChI=1S/C23H19BrCl2N2O3/c1-14-7-8-15(9-20(14)26)23(29)28-27-12-17-10-21(30-2)22(11-18(17)24)31-13-16-5-3-4-6-19(16)25/h3-12H,13H2,1-2H3,(H,28,29)/b27-12-. The van der Waals surface area contributed by atoms with Gasteiger partial charge in [0.05, 0.1) is 13.3 Å². The number of carbonyl (C=O) groups excluding carboxylic acids is 1. The number of benzene rings is 3. The summed E-state index contributed by atoms with van der Waals surface area (Å²) in [5.41, 5.74) is 5.38. The maximum absolute atomic E-state index is 12.3. The molecule has 3 rings (SSSR count). The Labute approximate surface area is 199 Å². The van der Waals surface area contributed by atoms with Crippen molar-refractivity contribution in [2.24, 2.45) is 5.10 Å². The van der Waals surface area contributed by atoms with Crippen LogP contribution in [0.5, 0.6) is 11.5 Å². The van der Waals surface area contributed by atoms with E-state index in [-0.39, 0.29) is 5.91 Å². The van der Waals surface area contributed by atoms with Gasteiger partial charge in [-0.25, -0.2) is 5.43 Å². The van der Waals surface area contributed by atoms with Crippen LogP contribution in [0.15, 0.2) is 64.2 Å². The van der Waals surface area contributed by atoms with Gasteiger partial charge in [-0.2, -0.15) is 5.10 Å². The Hall–Kier alpha value is -2.54. The fourth-order valence-electron chi connectivity index (χ4n) is 2.65. The summed E-state index contributed by atoms with van der Waals surface area (Å²) < 4.78 is 12.0. The van der Waals surface area contributed by atoms with Crippen LogP contribution in [0, 0.1) is 6.92 Å². The normalized spacial score (nSPS) is 10.9. The summed E-state index contributed by atoms with van der Waals surface area (Å²) >= 11 is 15.8. The number of carbonyl (C=O) groups is 1. The molecule has 3 aromatic carbocycles. The highest BCUT2D eigenvalue weighted by molar-refractivity contribution is 9.10. The van der Waals surface area contributed by atoms with Gasteiger partial charge in [-0.05, 0) is 58.7 Å². The van der Waals surface area contributed by atoms with Gasteiger partial charge in [0.2, 0.25) is 0 Å². The Morgan fingerprint density at radius 1 is 1.10 bits per heavy atom. The second-order valence-corrected chi connectivity index (χ2v) is 8.24. The van der Waals surface area contributed by atoms with E-state index >= 15 is 0 Å². The second-order valence-electron chi connectivity index (χ2n) is 6.57. The Morgan fingerprint density at radius 2 is 1.87 bits per heavy atom. The molecule has 0 fully saturated rings. The van der Waals surface area contributed by atoms with Crippen LogP contribution in [-0.4, -0.2) is 19.2 Å². The minimum absolute atomic E-state index is 0.297. The Balaban J connectivity index is 1.71. The summed E-state index contributed by atoms with van der Waals surface area (Å²) in [7, 11) is 1.55. The van der Waals surface area contributed by atoms with Gasteiger partial charge in [0, 0.05) is 31.2 Å². The van der Waals surface area contributed by atoms with Gasteiger partial charge in [-0.1, -0.05) is 47.5 Å². The molecule has 0 saturated heterocycles. The van der Waals surface area contributed by atoms with Gasteiger partial charge in [0.25, 0.3) is 5.91 Å². The molecule has 1 N–H and O–H groups in total. The number of methoxy groups -OCH3 is 1. The molecular weight excluding hydrogens is 503 g/mol. The lowest BCUT2D eigenvalue weighted by atomic mass is 10.1. The first-order chi connectivity index (χ1) is 14.9. The van der Waals surface area contributed by atoms with Crippen LogP contribution in [0.3, 0.4) is 0 Å². The number of rotatable bonds is 7. The number of halogens is 3. The zero-order valence-electron chi connectivity index (χ0n) is 16.8. The van der Waals surface area contributed by atoms with Crippen molar-refractivity contribution in [2.45, 2.75) is 13.5 Å². The predicted molar refractivity (Wildman–Crippen MR) is 128 cm³/mol. The molecule has 0 saturated carbocycles. The number of amides is 1. The van der Waals surface area contributed by atoms with Crippen LogP contribution in [0.2, 0.25) is 10.0 Å². The molecule has 0 spiro atoms. The molecule has 1 amide bonds. The molecule has 0 aliphatic heterocycles. The monoisotopic (exact) mass is 520 g/mol. The number of hydrogen-bond acceptors (Lipinski definition) is 4. The van der Waals surface area contributed by atoms with Crippen LogP contribution in [0.25, 0.3) is 0 Å². The first-order valence-electron chi connectivity index (χ1n) is 9.22. The van der Waals surface area contributed by atoms with Crippen LogP contribution < -0.4 is 14.9 Å². The van der Waals surface area contributed by atoms with E-state index in [1.165, 1.54) is 6.21 Å². The molecule has 0 aliphatic carbocycles. The molecule has 5 nitrogen and oxygen atoms in total. The summed E-state index contributed by atoms with van der Waals surface area (Å²) in [4.78, 5) is 12.3. The van der Waals surface area contributed by atoms with E-state index in [1.54, 1.807) is 37.4 Å². The van der Waals surface area contributed by atoms with Crippen molar-refractivity contribution < 1.29 is 14.3 Å². The average Bonchev–Trinajstić information content (AvgIpc) is 2.76. The van der Waals surface area contributed by atoms with Gasteiger partial charge >= 0.3 is 0 Å². The largest absolute Gasteiger partial charge is 0.493 e. The zero-order valence-corrected chi connectivity index (χ0v) is 19.9. The van der Waals surface area contributed by atoms with Crippen LogP contribution >= 0.6 is 39.1 Å². The lowest BCUT2D eigenvalue weighted by molar-refractivity contribution is 0.0955. The number of hydrogen-bond donors (Lipinski definition) is 1. The lowest BCUT2D eigenvalue weighted by Crippen LogP contribution is -2.17. The summed E-state index contributed by atoms with van der Waals surface area (Å²) in [6, 6.07) is 16.1. The van der Waals surface area contributed by atoms with Gasteiger partial charge in [-0.3, -0.25) is 4.79 Å². The second kappa shape index (κ2) is 10.7. The highest BCUT2D eigenvalue weighted by Gasteiger charge is 2.11. The minimum atomic E-state index is -0.360. The topological polar surface area (TPSA) is 59.9 Å². The summed E-state index contributed by atoms with van der Waals surface area (Å²) in [5.74, 6) is 0.707. The van der Waals surface area contributed by atoms with Crippen LogP contribution in [-0.2, 0) is 6.61 Å². The van der Waals surface area contributed by atoms with Gasteiger partial charge in [-0.15, -0.1) is 0 Å². The molecule has 0 radical (unpaired) electrons. The molecule has 31 heavy (non-hydrogen) atoms. The molecule has 0 unspecified atom stereocenters. The molecule has 0 aliphatic rings. The SMILES string of the molecule is COc1cc(/C=N\NC(=O)c2ccc(C)c(Cl)c2)c(Br)cc1OCc1ccccc1Cl. The Bertz CT molecular complexity index is 1140. The summed E-state index contributed by atoms with van der Waals surface area (Å²) in [6.45, 7) is 2.17. The van der Waals surface area contributed by atoms with Crippen LogP contribution in [0.1, 0.15) is 27.0 Å².